The molecular weight excluding hydrogens is 286 g/mol. The fourth-order valence-corrected chi connectivity index (χ4v) is 2.35. The Hall–Kier alpha value is -2.69. The van der Waals surface area contributed by atoms with E-state index in [-0.39, 0.29) is 0 Å². The van der Waals surface area contributed by atoms with E-state index in [2.05, 4.69) is 39.4 Å². The summed E-state index contributed by atoms with van der Waals surface area (Å²) in [7, 11) is 0. The van der Waals surface area contributed by atoms with E-state index in [1.807, 2.05) is 43.3 Å². The van der Waals surface area contributed by atoms with Gasteiger partial charge in [0.25, 0.3) is 0 Å². The molecule has 1 aromatic carbocycles. The molecule has 118 valence electrons. The van der Waals surface area contributed by atoms with Gasteiger partial charge in [-0.3, -0.25) is 4.98 Å². The van der Waals surface area contributed by atoms with Crippen LogP contribution in [-0.2, 0) is 0 Å². The number of nitrogens with zero attached hydrogens (tertiary/aromatic N) is 3. The average Bonchev–Trinajstić information content (AvgIpc) is 2.53. The minimum Gasteiger partial charge on any atom is -0.370 e. The summed E-state index contributed by atoms with van der Waals surface area (Å²) in [6.07, 6.45) is 1.79. The Morgan fingerprint density at radius 3 is 2.74 bits per heavy atom. The second kappa shape index (κ2) is 6.60. The Labute approximate surface area is 136 Å². The molecule has 0 bridgehead atoms. The molecule has 0 aliphatic carbocycles. The third kappa shape index (κ3) is 3.74. The molecule has 0 saturated carbocycles. The molecule has 0 spiro atoms. The molecule has 0 saturated heterocycles. The summed E-state index contributed by atoms with van der Waals surface area (Å²) in [5.41, 5.74) is 2.74. The second-order valence-electron chi connectivity index (χ2n) is 6.00. The fourth-order valence-electron chi connectivity index (χ4n) is 2.35. The van der Waals surface area contributed by atoms with E-state index in [9.17, 15) is 0 Å². The van der Waals surface area contributed by atoms with Crippen molar-refractivity contribution in [1.29, 1.82) is 0 Å². The minimum atomic E-state index is 0.559. The van der Waals surface area contributed by atoms with E-state index in [0.717, 1.165) is 34.6 Å². The van der Waals surface area contributed by atoms with Gasteiger partial charge in [-0.15, -0.1) is 0 Å². The van der Waals surface area contributed by atoms with Crippen molar-refractivity contribution in [3.05, 3.63) is 48.3 Å². The van der Waals surface area contributed by atoms with Crippen molar-refractivity contribution in [2.24, 2.45) is 5.92 Å². The molecule has 3 aromatic rings. The van der Waals surface area contributed by atoms with Gasteiger partial charge < -0.3 is 10.6 Å². The summed E-state index contributed by atoms with van der Waals surface area (Å²) in [6.45, 7) is 7.18. The van der Waals surface area contributed by atoms with E-state index in [1.54, 1.807) is 6.20 Å². The van der Waals surface area contributed by atoms with Crippen LogP contribution in [0.1, 0.15) is 19.5 Å². The maximum Gasteiger partial charge on any atom is 0.229 e. The van der Waals surface area contributed by atoms with E-state index >= 15 is 0 Å². The monoisotopic (exact) mass is 307 g/mol. The lowest BCUT2D eigenvalue weighted by Crippen LogP contribution is -2.11. The molecular formula is C18H21N5. The van der Waals surface area contributed by atoms with Gasteiger partial charge >= 0.3 is 0 Å². The highest BCUT2D eigenvalue weighted by Gasteiger charge is 2.06. The van der Waals surface area contributed by atoms with Crippen LogP contribution in [0.3, 0.4) is 0 Å². The van der Waals surface area contributed by atoms with Gasteiger partial charge in [0.1, 0.15) is 5.82 Å². The molecule has 2 N–H and O–H groups in total. The number of aromatic nitrogens is 3. The van der Waals surface area contributed by atoms with Crippen molar-refractivity contribution in [3.8, 4) is 0 Å². The number of benzene rings is 1. The summed E-state index contributed by atoms with van der Waals surface area (Å²) < 4.78 is 0. The first-order valence-corrected chi connectivity index (χ1v) is 7.82. The van der Waals surface area contributed by atoms with Gasteiger partial charge in [0, 0.05) is 29.9 Å². The highest BCUT2D eigenvalue weighted by Crippen LogP contribution is 2.23. The number of nitrogens with one attached hydrogen (secondary N) is 2. The van der Waals surface area contributed by atoms with Crippen molar-refractivity contribution in [3.63, 3.8) is 0 Å². The standard InChI is InChI=1S/C18H21N5/c1-12(2)11-20-16-10-13(3)21-18(23-16)22-15-8-4-6-14-7-5-9-19-17(14)15/h4-10,12H,11H2,1-3H3,(H2,20,21,22,23). The summed E-state index contributed by atoms with van der Waals surface area (Å²) in [4.78, 5) is 13.5. The Kier molecular flexibility index (Phi) is 4.37. The Bertz CT molecular complexity index is 808. The first kappa shape index (κ1) is 15.2. The zero-order chi connectivity index (χ0) is 16.2. The molecule has 0 aliphatic rings. The van der Waals surface area contributed by atoms with Crippen LogP contribution in [0.25, 0.3) is 10.9 Å². The molecule has 5 nitrogen and oxygen atoms in total. The van der Waals surface area contributed by atoms with Crippen LogP contribution in [0.5, 0.6) is 0 Å². The Balaban J connectivity index is 1.89. The molecule has 2 aromatic heterocycles. The maximum absolute atomic E-state index is 4.55. The number of anilines is 3. The van der Waals surface area contributed by atoms with Gasteiger partial charge in [-0.25, -0.2) is 4.98 Å². The predicted molar refractivity (Wildman–Crippen MR) is 95.1 cm³/mol. The summed E-state index contributed by atoms with van der Waals surface area (Å²) in [5.74, 6) is 1.97. The Morgan fingerprint density at radius 1 is 1.09 bits per heavy atom. The number of fused-ring (bicyclic) bond motifs is 1. The first-order chi connectivity index (χ1) is 11.1. The minimum absolute atomic E-state index is 0.559. The zero-order valence-electron chi connectivity index (χ0n) is 13.7. The van der Waals surface area contributed by atoms with Crippen LogP contribution in [-0.4, -0.2) is 21.5 Å². The molecule has 23 heavy (non-hydrogen) atoms. The summed E-state index contributed by atoms with van der Waals surface area (Å²) >= 11 is 0. The molecule has 2 heterocycles. The highest BCUT2D eigenvalue weighted by atomic mass is 15.1. The third-order valence-corrected chi connectivity index (χ3v) is 3.42. The molecule has 0 unspecified atom stereocenters. The smallest absolute Gasteiger partial charge is 0.229 e. The first-order valence-electron chi connectivity index (χ1n) is 7.82. The fraction of sp³-hybridized carbons (Fsp3) is 0.278. The number of para-hydroxylation sites is 1. The van der Waals surface area contributed by atoms with E-state index in [0.29, 0.717) is 11.9 Å². The van der Waals surface area contributed by atoms with E-state index < -0.39 is 0 Å². The lowest BCUT2D eigenvalue weighted by molar-refractivity contribution is 0.687. The summed E-state index contributed by atoms with van der Waals surface area (Å²) in [6, 6.07) is 12.0. The van der Waals surface area contributed by atoms with Crippen LogP contribution in [0.4, 0.5) is 17.5 Å². The van der Waals surface area contributed by atoms with Gasteiger partial charge in [-0.1, -0.05) is 32.0 Å². The van der Waals surface area contributed by atoms with Gasteiger partial charge in [-0.2, -0.15) is 4.98 Å². The number of hydrogen-bond donors (Lipinski definition) is 2. The molecule has 0 radical (unpaired) electrons. The van der Waals surface area contributed by atoms with E-state index in [1.165, 1.54) is 0 Å². The number of aryl methyl sites for hydroxylation is 1. The lowest BCUT2D eigenvalue weighted by atomic mass is 10.2. The molecule has 0 amide bonds. The quantitative estimate of drug-likeness (QED) is 0.741. The van der Waals surface area contributed by atoms with Crippen LogP contribution >= 0.6 is 0 Å². The lowest BCUT2D eigenvalue weighted by Gasteiger charge is -2.12. The van der Waals surface area contributed by atoms with E-state index in [4.69, 9.17) is 0 Å². The average molecular weight is 307 g/mol. The van der Waals surface area contributed by atoms with Gasteiger partial charge in [0.05, 0.1) is 11.2 Å². The number of rotatable bonds is 5. The van der Waals surface area contributed by atoms with Crippen molar-refractivity contribution >= 4 is 28.4 Å². The Morgan fingerprint density at radius 2 is 1.91 bits per heavy atom. The van der Waals surface area contributed by atoms with Crippen LogP contribution in [0, 0.1) is 12.8 Å². The second-order valence-corrected chi connectivity index (χ2v) is 6.00. The van der Waals surface area contributed by atoms with Crippen molar-refractivity contribution in [2.75, 3.05) is 17.2 Å². The number of pyridine rings is 1. The SMILES string of the molecule is Cc1cc(NCC(C)C)nc(Nc2cccc3cccnc23)n1. The largest absolute Gasteiger partial charge is 0.370 e. The molecule has 0 fully saturated rings. The van der Waals surface area contributed by atoms with Gasteiger partial charge in [-0.05, 0) is 25.0 Å². The predicted octanol–water partition coefficient (Wildman–Crippen LogP) is 4.14. The zero-order valence-corrected chi connectivity index (χ0v) is 13.7. The van der Waals surface area contributed by atoms with Crippen LogP contribution in [0.15, 0.2) is 42.6 Å². The third-order valence-electron chi connectivity index (χ3n) is 3.42. The van der Waals surface area contributed by atoms with Gasteiger partial charge in [0.15, 0.2) is 0 Å². The van der Waals surface area contributed by atoms with Crippen molar-refractivity contribution < 1.29 is 0 Å². The normalized spacial score (nSPS) is 11.0. The van der Waals surface area contributed by atoms with Crippen molar-refractivity contribution in [1.82, 2.24) is 15.0 Å². The van der Waals surface area contributed by atoms with Crippen LogP contribution in [0.2, 0.25) is 0 Å². The van der Waals surface area contributed by atoms with Crippen molar-refractivity contribution in [2.45, 2.75) is 20.8 Å². The van der Waals surface area contributed by atoms with Crippen LogP contribution < -0.4 is 10.6 Å². The molecule has 0 aliphatic heterocycles. The molecule has 0 atom stereocenters. The highest BCUT2D eigenvalue weighted by molar-refractivity contribution is 5.91. The molecule has 5 heteroatoms. The van der Waals surface area contributed by atoms with Gasteiger partial charge in [0.2, 0.25) is 5.95 Å². The summed E-state index contributed by atoms with van der Waals surface area (Å²) in [5, 5.41) is 7.72. The molecule has 3 rings (SSSR count). The topological polar surface area (TPSA) is 62.7 Å². The number of hydrogen-bond acceptors (Lipinski definition) is 5. The maximum atomic E-state index is 4.55.